The molecule has 3 rings (SSSR count). The first-order valence-corrected chi connectivity index (χ1v) is 11.0. The zero-order valence-electron chi connectivity index (χ0n) is 14.7. The molecule has 1 amide bonds. The number of aliphatic hydroxyl groups is 1. The lowest BCUT2D eigenvalue weighted by Gasteiger charge is -2.25. The van der Waals surface area contributed by atoms with Gasteiger partial charge in [-0.05, 0) is 62.1 Å². The minimum Gasteiger partial charge on any atom is -0.393 e. The molecule has 1 aliphatic carbocycles. The van der Waals surface area contributed by atoms with Crippen LogP contribution in [0.15, 0.2) is 41.3 Å². The van der Waals surface area contributed by atoms with Gasteiger partial charge >= 0.3 is 0 Å². The molecular formula is C19H18Cl2FNO4S. The number of sulfone groups is 1. The quantitative estimate of drug-likeness (QED) is 0.727. The van der Waals surface area contributed by atoms with Gasteiger partial charge in [0.25, 0.3) is 5.91 Å². The fourth-order valence-electron chi connectivity index (χ4n) is 3.17. The van der Waals surface area contributed by atoms with Crippen LogP contribution in [-0.4, -0.2) is 30.8 Å². The predicted octanol–water partition coefficient (Wildman–Crippen LogP) is 4.46. The predicted molar refractivity (Wildman–Crippen MR) is 106 cm³/mol. The molecule has 1 fully saturated rings. The number of halogens is 3. The van der Waals surface area contributed by atoms with Crippen molar-refractivity contribution in [2.45, 2.75) is 41.9 Å². The van der Waals surface area contributed by atoms with Crippen molar-refractivity contribution < 1.29 is 22.7 Å². The van der Waals surface area contributed by atoms with Gasteiger partial charge in [0.2, 0.25) is 0 Å². The molecule has 0 heterocycles. The lowest BCUT2D eigenvalue weighted by Crippen LogP contribution is -2.29. The van der Waals surface area contributed by atoms with Gasteiger partial charge in [-0.15, -0.1) is 0 Å². The van der Waals surface area contributed by atoms with Gasteiger partial charge in [0.05, 0.1) is 26.3 Å². The van der Waals surface area contributed by atoms with Gasteiger partial charge in [0.15, 0.2) is 9.84 Å². The molecule has 0 aliphatic heterocycles. The molecule has 2 aromatic carbocycles. The van der Waals surface area contributed by atoms with E-state index >= 15 is 0 Å². The summed E-state index contributed by atoms with van der Waals surface area (Å²) >= 11 is 11.8. The molecule has 1 saturated carbocycles. The van der Waals surface area contributed by atoms with Crippen molar-refractivity contribution in [2.24, 2.45) is 0 Å². The number of anilines is 1. The Bertz CT molecular complexity index is 1000. The van der Waals surface area contributed by atoms with Crippen LogP contribution in [0.2, 0.25) is 10.0 Å². The van der Waals surface area contributed by atoms with Crippen LogP contribution < -0.4 is 5.32 Å². The Morgan fingerprint density at radius 2 is 1.71 bits per heavy atom. The van der Waals surface area contributed by atoms with Crippen molar-refractivity contribution in [2.75, 3.05) is 5.32 Å². The van der Waals surface area contributed by atoms with Crippen LogP contribution in [0.5, 0.6) is 0 Å². The highest BCUT2D eigenvalue weighted by Gasteiger charge is 2.33. The number of hydrogen-bond donors (Lipinski definition) is 2. The third-order valence-electron chi connectivity index (χ3n) is 4.76. The summed E-state index contributed by atoms with van der Waals surface area (Å²) in [6, 6.07) is 7.73. The second-order valence-electron chi connectivity index (χ2n) is 6.70. The largest absolute Gasteiger partial charge is 0.393 e. The van der Waals surface area contributed by atoms with Gasteiger partial charge in [0.1, 0.15) is 5.82 Å². The first kappa shape index (κ1) is 21.0. The van der Waals surface area contributed by atoms with Crippen molar-refractivity contribution in [1.82, 2.24) is 0 Å². The summed E-state index contributed by atoms with van der Waals surface area (Å²) in [5, 5.41) is 11.4. The van der Waals surface area contributed by atoms with Gasteiger partial charge in [-0.25, -0.2) is 12.8 Å². The number of aliphatic hydroxyl groups excluding tert-OH is 1. The summed E-state index contributed by atoms with van der Waals surface area (Å²) in [6.07, 6.45) is 1.01. The fourth-order valence-corrected chi connectivity index (χ4v) is 5.68. The molecule has 5 nitrogen and oxygen atoms in total. The Labute approximate surface area is 172 Å². The molecule has 150 valence electrons. The number of benzene rings is 2. The molecule has 0 saturated heterocycles. The minimum atomic E-state index is -3.75. The van der Waals surface area contributed by atoms with E-state index in [4.69, 9.17) is 23.2 Å². The number of hydrogen-bond acceptors (Lipinski definition) is 4. The average Bonchev–Trinajstić information content (AvgIpc) is 2.65. The van der Waals surface area contributed by atoms with Gasteiger partial charge in [0, 0.05) is 11.3 Å². The lowest BCUT2D eigenvalue weighted by molar-refractivity contribution is 0.102. The van der Waals surface area contributed by atoms with Crippen molar-refractivity contribution >= 4 is 44.6 Å². The van der Waals surface area contributed by atoms with E-state index in [9.17, 15) is 22.7 Å². The highest BCUT2D eigenvalue weighted by atomic mass is 35.5. The van der Waals surface area contributed by atoms with Crippen molar-refractivity contribution in [3.63, 3.8) is 0 Å². The summed E-state index contributed by atoms with van der Waals surface area (Å²) in [7, 11) is -3.75. The maximum absolute atomic E-state index is 13.2. The van der Waals surface area contributed by atoms with Crippen LogP contribution in [0.3, 0.4) is 0 Å². The molecule has 2 aromatic rings. The third-order valence-corrected chi connectivity index (χ3v) is 7.79. The van der Waals surface area contributed by atoms with Crippen LogP contribution in [0.4, 0.5) is 10.1 Å². The molecule has 0 radical (unpaired) electrons. The third kappa shape index (κ3) is 4.49. The van der Waals surface area contributed by atoms with Crippen molar-refractivity contribution in [3.05, 3.63) is 57.8 Å². The van der Waals surface area contributed by atoms with Gasteiger partial charge < -0.3 is 10.4 Å². The fraction of sp³-hybridized carbons (Fsp3) is 0.316. The molecule has 0 aromatic heterocycles. The van der Waals surface area contributed by atoms with Crippen LogP contribution in [-0.2, 0) is 9.84 Å². The number of nitrogens with one attached hydrogen (secondary N) is 1. The van der Waals surface area contributed by atoms with E-state index in [-0.39, 0.29) is 26.2 Å². The average molecular weight is 446 g/mol. The molecule has 0 spiro atoms. The zero-order chi connectivity index (χ0) is 20.5. The lowest BCUT2D eigenvalue weighted by atomic mass is 9.97. The normalized spacial score (nSPS) is 20.0. The van der Waals surface area contributed by atoms with Crippen molar-refractivity contribution in [3.8, 4) is 0 Å². The van der Waals surface area contributed by atoms with E-state index in [0.717, 1.165) is 6.07 Å². The first-order valence-electron chi connectivity index (χ1n) is 8.66. The van der Waals surface area contributed by atoms with E-state index < -0.39 is 32.9 Å². The summed E-state index contributed by atoms with van der Waals surface area (Å²) in [6.45, 7) is 0. The molecule has 0 bridgehead atoms. The molecule has 1 aliphatic rings. The Hall–Kier alpha value is -1.67. The van der Waals surface area contributed by atoms with Crippen LogP contribution in [0.25, 0.3) is 0 Å². The van der Waals surface area contributed by atoms with Crippen molar-refractivity contribution in [1.29, 1.82) is 0 Å². The second kappa shape index (κ2) is 8.37. The maximum Gasteiger partial charge on any atom is 0.255 e. The van der Waals surface area contributed by atoms with E-state index in [0.29, 0.717) is 25.7 Å². The summed E-state index contributed by atoms with van der Waals surface area (Å²) < 4.78 is 39.2. The first-order chi connectivity index (χ1) is 13.2. The molecule has 2 N–H and O–H groups in total. The van der Waals surface area contributed by atoms with Gasteiger partial charge in [-0.1, -0.05) is 23.2 Å². The number of carbonyl (C=O) groups excluding carboxylic acids is 1. The standard InChI is InChI=1S/C19H18Cl2FNO4S/c20-15-7-1-11(19(25)23-12-2-8-17(22)16(21)10-12)9-18(15)28(26,27)14-5-3-13(24)4-6-14/h1-2,7-10,13-14,24H,3-6H2,(H,23,25). The molecule has 0 unspecified atom stereocenters. The SMILES string of the molecule is O=C(Nc1ccc(F)c(Cl)c1)c1ccc(Cl)c(S(=O)(=O)C2CCC(O)CC2)c1. The van der Waals surface area contributed by atoms with Crippen LogP contribution in [0, 0.1) is 5.82 Å². The minimum absolute atomic E-state index is 0.0347. The molecule has 28 heavy (non-hydrogen) atoms. The van der Waals surface area contributed by atoms with Crippen LogP contribution in [0.1, 0.15) is 36.0 Å². The van der Waals surface area contributed by atoms with Gasteiger partial charge in [-0.3, -0.25) is 4.79 Å². The summed E-state index contributed by atoms with van der Waals surface area (Å²) in [5.41, 5.74) is 0.372. The van der Waals surface area contributed by atoms with E-state index in [2.05, 4.69) is 5.32 Å². The molecule has 0 atom stereocenters. The highest BCUT2D eigenvalue weighted by Crippen LogP contribution is 2.33. The summed E-state index contributed by atoms with van der Waals surface area (Å²) in [4.78, 5) is 12.4. The van der Waals surface area contributed by atoms with E-state index in [1.165, 1.54) is 30.3 Å². The smallest absolute Gasteiger partial charge is 0.255 e. The van der Waals surface area contributed by atoms with Crippen LogP contribution >= 0.6 is 23.2 Å². The molecular weight excluding hydrogens is 428 g/mol. The number of rotatable bonds is 4. The number of amides is 1. The highest BCUT2D eigenvalue weighted by molar-refractivity contribution is 7.92. The monoisotopic (exact) mass is 445 g/mol. The topological polar surface area (TPSA) is 83.5 Å². The Kier molecular flexibility index (Phi) is 6.29. The Balaban J connectivity index is 1.86. The molecule has 9 heteroatoms. The van der Waals surface area contributed by atoms with E-state index in [1.807, 2.05) is 0 Å². The number of carbonyl (C=O) groups is 1. The zero-order valence-corrected chi connectivity index (χ0v) is 17.0. The summed E-state index contributed by atoms with van der Waals surface area (Å²) in [5.74, 6) is -1.19. The Morgan fingerprint density at radius 1 is 1.04 bits per heavy atom. The van der Waals surface area contributed by atoms with Gasteiger partial charge in [-0.2, -0.15) is 0 Å². The Morgan fingerprint density at radius 3 is 2.36 bits per heavy atom. The second-order valence-corrected chi connectivity index (χ2v) is 9.71. The maximum atomic E-state index is 13.2. The van der Waals surface area contributed by atoms with E-state index in [1.54, 1.807) is 0 Å².